The lowest BCUT2D eigenvalue weighted by molar-refractivity contribution is 0.0688. The maximum Gasteiger partial charge on any atom is 0.354 e. The molecule has 0 spiro atoms. The topological polar surface area (TPSA) is 67.5 Å². The van der Waals surface area contributed by atoms with Crippen molar-refractivity contribution in [2.24, 2.45) is 0 Å². The number of nitrogens with zero attached hydrogens (tertiary/aromatic N) is 3. The average molecular weight is 191 g/mol. The summed E-state index contributed by atoms with van der Waals surface area (Å²) in [6.07, 6.45) is 3.23. The van der Waals surface area contributed by atoms with Crippen LogP contribution in [0, 0.1) is 13.8 Å². The zero-order valence-corrected chi connectivity index (χ0v) is 7.85. The molecule has 14 heavy (non-hydrogen) atoms. The summed E-state index contributed by atoms with van der Waals surface area (Å²) in [4.78, 5) is 19.1. The van der Waals surface area contributed by atoms with Crippen LogP contribution in [0.5, 0.6) is 0 Å². The molecule has 0 fully saturated rings. The van der Waals surface area contributed by atoms with Crippen molar-refractivity contribution >= 4 is 11.6 Å². The molecule has 0 saturated carbocycles. The molecule has 0 amide bonds. The molecule has 5 heteroatoms. The van der Waals surface area contributed by atoms with E-state index < -0.39 is 5.97 Å². The quantitative estimate of drug-likeness (QED) is 0.731. The third-order valence-electron chi connectivity index (χ3n) is 2.01. The van der Waals surface area contributed by atoms with Gasteiger partial charge in [-0.15, -0.1) is 0 Å². The fourth-order valence-corrected chi connectivity index (χ4v) is 1.43. The van der Waals surface area contributed by atoms with Crippen LogP contribution in [0.2, 0.25) is 0 Å². The van der Waals surface area contributed by atoms with E-state index in [4.69, 9.17) is 5.11 Å². The van der Waals surface area contributed by atoms with E-state index in [2.05, 4.69) is 9.97 Å². The van der Waals surface area contributed by atoms with E-state index in [-0.39, 0.29) is 5.69 Å². The van der Waals surface area contributed by atoms with Crippen LogP contribution in [0.15, 0.2) is 12.4 Å². The van der Waals surface area contributed by atoms with Crippen molar-refractivity contribution in [3.63, 3.8) is 0 Å². The van der Waals surface area contributed by atoms with Gasteiger partial charge in [0.2, 0.25) is 0 Å². The van der Waals surface area contributed by atoms with Crippen molar-refractivity contribution in [3.05, 3.63) is 29.5 Å². The first-order valence-corrected chi connectivity index (χ1v) is 4.14. The van der Waals surface area contributed by atoms with E-state index in [1.165, 1.54) is 0 Å². The van der Waals surface area contributed by atoms with E-state index in [0.717, 1.165) is 5.69 Å². The van der Waals surface area contributed by atoms with E-state index in [1.54, 1.807) is 30.6 Å². The second-order valence-electron chi connectivity index (χ2n) is 3.11. The first-order chi connectivity index (χ1) is 6.59. The molecule has 0 unspecified atom stereocenters. The van der Waals surface area contributed by atoms with Crippen LogP contribution < -0.4 is 0 Å². The first-order valence-electron chi connectivity index (χ1n) is 4.14. The fraction of sp³-hybridized carbons (Fsp3) is 0.222. The predicted octanol–water partition coefficient (Wildman–Crippen LogP) is 1.04. The lowest BCUT2D eigenvalue weighted by Crippen LogP contribution is -2.04. The van der Waals surface area contributed by atoms with Gasteiger partial charge in [0.15, 0.2) is 11.3 Å². The number of hydrogen-bond acceptors (Lipinski definition) is 3. The number of aryl methyl sites for hydroxylation is 2. The Morgan fingerprint density at radius 1 is 1.50 bits per heavy atom. The molecule has 0 aliphatic heterocycles. The van der Waals surface area contributed by atoms with Gasteiger partial charge in [-0.3, -0.25) is 9.38 Å². The van der Waals surface area contributed by atoms with Gasteiger partial charge < -0.3 is 5.11 Å². The maximum atomic E-state index is 10.9. The molecule has 2 heterocycles. The molecule has 0 bridgehead atoms. The van der Waals surface area contributed by atoms with Crippen molar-refractivity contribution in [2.75, 3.05) is 0 Å². The summed E-state index contributed by atoms with van der Waals surface area (Å²) < 4.78 is 1.54. The van der Waals surface area contributed by atoms with Crippen LogP contribution in [0.3, 0.4) is 0 Å². The Kier molecular flexibility index (Phi) is 1.73. The van der Waals surface area contributed by atoms with Crippen molar-refractivity contribution < 1.29 is 9.90 Å². The molecular weight excluding hydrogens is 182 g/mol. The number of carboxylic acids is 1. The van der Waals surface area contributed by atoms with E-state index in [1.807, 2.05) is 0 Å². The van der Waals surface area contributed by atoms with Gasteiger partial charge in [-0.25, -0.2) is 9.78 Å². The van der Waals surface area contributed by atoms with Gasteiger partial charge in [-0.1, -0.05) is 0 Å². The molecule has 0 aromatic carbocycles. The number of aromatic nitrogens is 3. The van der Waals surface area contributed by atoms with Crippen LogP contribution in [-0.2, 0) is 0 Å². The van der Waals surface area contributed by atoms with Crippen molar-refractivity contribution in [1.82, 2.24) is 14.4 Å². The summed E-state index contributed by atoms with van der Waals surface area (Å²) in [6, 6.07) is 0. The zero-order valence-electron chi connectivity index (χ0n) is 7.85. The smallest absolute Gasteiger partial charge is 0.354 e. The molecule has 5 nitrogen and oxygen atoms in total. The summed E-state index contributed by atoms with van der Waals surface area (Å²) in [5.74, 6) is -0.972. The molecule has 2 aromatic rings. The largest absolute Gasteiger partial charge is 0.477 e. The van der Waals surface area contributed by atoms with Gasteiger partial charge in [-0.2, -0.15) is 0 Å². The van der Waals surface area contributed by atoms with Gasteiger partial charge in [0.25, 0.3) is 0 Å². The normalized spacial score (nSPS) is 10.7. The van der Waals surface area contributed by atoms with E-state index >= 15 is 0 Å². The first kappa shape index (κ1) is 8.68. The summed E-state index contributed by atoms with van der Waals surface area (Å²) >= 11 is 0. The SMILES string of the molecule is Cc1cn2c(C(=O)O)c(C)nc2cn1. The predicted molar refractivity (Wildman–Crippen MR) is 49.4 cm³/mol. The molecule has 72 valence electrons. The highest BCUT2D eigenvalue weighted by Crippen LogP contribution is 2.11. The zero-order chi connectivity index (χ0) is 10.3. The molecular formula is C9H9N3O2. The van der Waals surface area contributed by atoms with Crippen molar-refractivity contribution in [2.45, 2.75) is 13.8 Å². The van der Waals surface area contributed by atoms with Gasteiger partial charge in [0, 0.05) is 6.20 Å². The van der Waals surface area contributed by atoms with E-state index in [0.29, 0.717) is 11.3 Å². The second kappa shape index (κ2) is 2.80. The molecule has 2 rings (SSSR count). The highest BCUT2D eigenvalue weighted by Gasteiger charge is 2.15. The van der Waals surface area contributed by atoms with Crippen LogP contribution >= 0.6 is 0 Å². The van der Waals surface area contributed by atoms with Gasteiger partial charge >= 0.3 is 5.97 Å². The summed E-state index contributed by atoms with van der Waals surface area (Å²) in [5.41, 5.74) is 2.03. The van der Waals surface area contributed by atoms with Crippen molar-refractivity contribution in [1.29, 1.82) is 0 Å². The highest BCUT2D eigenvalue weighted by atomic mass is 16.4. The summed E-state index contributed by atoms with van der Waals surface area (Å²) in [7, 11) is 0. The molecule has 1 N–H and O–H groups in total. The standard InChI is InChI=1S/C9H9N3O2/c1-5-4-12-7(3-10-5)11-6(2)8(12)9(13)14/h3-4H,1-2H3,(H,13,14). The molecule has 0 radical (unpaired) electrons. The Morgan fingerprint density at radius 2 is 2.21 bits per heavy atom. The molecule has 0 aliphatic rings. The Balaban J connectivity index is 2.86. The van der Waals surface area contributed by atoms with E-state index in [9.17, 15) is 4.79 Å². The number of carbonyl (C=O) groups is 1. The molecule has 0 saturated heterocycles. The van der Waals surface area contributed by atoms with Crippen molar-refractivity contribution in [3.8, 4) is 0 Å². The fourth-order valence-electron chi connectivity index (χ4n) is 1.43. The third-order valence-corrected chi connectivity index (χ3v) is 2.01. The Hall–Kier alpha value is -1.91. The minimum Gasteiger partial charge on any atom is -0.477 e. The lowest BCUT2D eigenvalue weighted by atomic mass is 10.3. The summed E-state index contributed by atoms with van der Waals surface area (Å²) in [6.45, 7) is 3.48. The van der Waals surface area contributed by atoms with Gasteiger partial charge in [-0.05, 0) is 13.8 Å². The lowest BCUT2D eigenvalue weighted by Gasteiger charge is -1.97. The van der Waals surface area contributed by atoms with Crippen LogP contribution in [0.4, 0.5) is 0 Å². The third kappa shape index (κ3) is 1.14. The maximum absolute atomic E-state index is 10.9. The number of imidazole rings is 1. The monoisotopic (exact) mass is 191 g/mol. The van der Waals surface area contributed by atoms with Gasteiger partial charge in [0.05, 0.1) is 17.6 Å². The minimum atomic E-state index is -0.972. The molecule has 2 aromatic heterocycles. The number of carboxylic acid groups (broad SMARTS) is 1. The highest BCUT2D eigenvalue weighted by molar-refractivity contribution is 5.88. The minimum absolute atomic E-state index is 0.200. The van der Waals surface area contributed by atoms with Crippen LogP contribution in [0.1, 0.15) is 21.9 Å². The summed E-state index contributed by atoms with van der Waals surface area (Å²) in [5, 5.41) is 8.96. The molecule has 0 atom stereocenters. The number of fused-ring (bicyclic) bond motifs is 1. The number of rotatable bonds is 1. The second-order valence-corrected chi connectivity index (χ2v) is 3.11. The average Bonchev–Trinajstić information content (AvgIpc) is 2.40. The number of aromatic carboxylic acids is 1. The van der Waals surface area contributed by atoms with Crippen LogP contribution in [0.25, 0.3) is 5.65 Å². The Labute approximate surface area is 80.0 Å². The van der Waals surface area contributed by atoms with Gasteiger partial charge in [0.1, 0.15) is 0 Å². The Bertz CT molecular complexity index is 516. The Morgan fingerprint density at radius 3 is 2.86 bits per heavy atom. The van der Waals surface area contributed by atoms with Crippen LogP contribution in [-0.4, -0.2) is 25.4 Å². The number of hydrogen-bond donors (Lipinski definition) is 1. The molecule has 0 aliphatic carbocycles.